The minimum atomic E-state index is 0.251. The number of terminal acetylenes is 1. The number of aryl methyl sites for hydroxylation is 2. The number of piperazine rings is 2. The van der Waals surface area contributed by atoms with Crippen molar-refractivity contribution in [3.8, 4) is 12.3 Å². The lowest BCUT2D eigenvalue weighted by atomic mass is 9.97. The first kappa shape index (κ1) is 27.5. The van der Waals surface area contributed by atoms with Gasteiger partial charge in [0.15, 0.2) is 0 Å². The molecule has 0 bridgehead atoms. The molecule has 2 aliphatic heterocycles. The second kappa shape index (κ2) is 12.8. The Balaban J connectivity index is 1.63. The van der Waals surface area contributed by atoms with Crippen molar-refractivity contribution in [1.29, 1.82) is 5.41 Å². The smallest absolute Gasteiger partial charge is 0.218 e. The molecule has 0 spiro atoms. The van der Waals surface area contributed by atoms with Crippen LogP contribution in [0.4, 0.5) is 0 Å². The van der Waals surface area contributed by atoms with Crippen LogP contribution in [0.3, 0.4) is 0 Å². The minimum absolute atomic E-state index is 0.251. The summed E-state index contributed by atoms with van der Waals surface area (Å²) < 4.78 is 0. The Hall–Kier alpha value is -3.04. The zero-order valence-electron chi connectivity index (χ0n) is 23.0. The summed E-state index contributed by atoms with van der Waals surface area (Å²) in [5.41, 5.74) is 8.36. The first-order chi connectivity index (χ1) is 17.3. The molecule has 2 aliphatic rings. The van der Waals surface area contributed by atoms with Gasteiger partial charge in [-0.15, -0.1) is 6.42 Å². The lowest BCUT2D eigenvalue weighted by molar-refractivity contribution is 0.150. The van der Waals surface area contributed by atoms with Crippen molar-refractivity contribution in [1.82, 2.24) is 19.6 Å². The van der Waals surface area contributed by atoms with Gasteiger partial charge in [-0.3, -0.25) is 10.3 Å². The van der Waals surface area contributed by atoms with Crippen molar-refractivity contribution in [3.63, 3.8) is 0 Å². The molecule has 0 saturated carbocycles. The van der Waals surface area contributed by atoms with Crippen LogP contribution in [0.2, 0.25) is 0 Å². The van der Waals surface area contributed by atoms with E-state index in [1.54, 1.807) is 6.92 Å². The predicted molar refractivity (Wildman–Crippen MR) is 153 cm³/mol. The van der Waals surface area contributed by atoms with E-state index >= 15 is 0 Å². The number of hydrogen-bond acceptors (Lipinski definition) is 4. The molecular weight excluding hydrogens is 444 g/mol. The van der Waals surface area contributed by atoms with E-state index in [0.29, 0.717) is 5.71 Å². The van der Waals surface area contributed by atoms with Crippen LogP contribution in [0.5, 0.6) is 0 Å². The van der Waals surface area contributed by atoms with Gasteiger partial charge in [0.2, 0.25) is 5.96 Å². The Morgan fingerprint density at radius 1 is 1.00 bits per heavy atom. The van der Waals surface area contributed by atoms with Gasteiger partial charge in [-0.05, 0) is 56.4 Å². The lowest BCUT2D eigenvalue weighted by Gasteiger charge is -2.38. The Labute approximate surface area is 218 Å². The lowest BCUT2D eigenvalue weighted by Crippen LogP contribution is -2.47. The number of rotatable bonds is 7. The Bertz CT molecular complexity index is 1040. The van der Waals surface area contributed by atoms with Crippen LogP contribution < -0.4 is 0 Å². The van der Waals surface area contributed by atoms with Crippen LogP contribution in [0.1, 0.15) is 55.9 Å². The van der Waals surface area contributed by atoms with Crippen LogP contribution >= 0.6 is 0 Å². The second-order valence-corrected chi connectivity index (χ2v) is 9.90. The average molecular weight is 489 g/mol. The molecule has 3 rings (SSSR count). The summed E-state index contributed by atoms with van der Waals surface area (Å²) in [5, 5.41) is 8.22. The van der Waals surface area contributed by atoms with Crippen LogP contribution in [0.25, 0.3) is 5.70 Å². The van der Waals surface area contributed by atoms with Crippen molar-refractivity contribution < 1.29 is 0 Å². The van der Waals surface area contributed by atoms with Gasteiger partial charge in [0.1, 0.15) is 0 Å². The fourth-order valence-electron chi connectivity index (χ4n) is 5.17. The van der Waals surface area contributed by atoms with Gasteiger partial charge >= 0.3 is 0 Å². The van der Waals surface area contributed by atoms with Gasteiger partial charge in [0.25, 0.3) is 0 Å². The van der Waals surface area contributed by atoms with Crippen molar-refractivity contribution >= 4 is 17.4 Å². The topological polar surface area (TPSA) is 49.2 Å². The van der Waals surface area contributed by atoms with Gasteiger partial charge in [-0.25, -0.2) is 4.99 Å². The number of guanidine groups is 1. The normalized spacial score (nSPS) is 17.8. The van der Waals surface area contributed by atoms with Crippen molar-refractivity contribution in [2.24, 2.45) is 4.99 Å². The largest absolute Gasteiger partial charge is 0.373 e. The SMILES string of the molecule is C#C/C(C)=N/C(=N)N1CCN(C(=C)c2cc(CN3CCN(/C(=C/CC)CC)CC3)c(C)cc2C)CC1. The van der Waals surface area contributed by atoms with E-state index in [9.17, 15) is 0 Å². The molecule has 0 radical (unpaired) electrons. The van der Waals surface area contributed by atoms with E-state index in [2.05, 4.69) is 78.1 Å². The van der Waals surface area contributed by atoms with Gasteiger partial charge in [0.05, 0.1) is 5.71 Å². The number of allylic oxidation sites excluding steroid dienone is 2. The Morgan fingerprint density at radius 3 is 2.19 bits per heavy atom. The number of aliphatic imine (C=N–C) groups is 1. The maximum Gasteiger partial charge on any atom is 0.218 e. The van der Waals surface area contributed by atoms with Crippen LogP contribution in [-0.4, -0.2) is 83.6 Å². The molecule has 0 aliphatic carbocycles. The highest BCUT2D eigenvalue weighted by atomic mass is 15.3. The number of benzene rings is 1. The zero-order valence-corrected chi connectivity index (χ0v) is 23.0. The monoisotopic (exact) mass is 488 g/mol. The molecule has 194 valence electrons. The third-order valence-corrected chi connectivity index (χ3v) is 7.41. The standard InChI is InChI=1S/C30H44N6/c1-8-11-28(10-3)35-14-12-33(13-15-35)22-27-21-29(24(5)20-23(27)4)26(7)34-16-18-36(19-17-34)30(31)32-25(6)9-2/h2,11,20-21,31H,7-8,10,12-19,22H2,1,3-6H3/b28-11+,31-30?,32-25+. The van der Waals surface area contributed by atoms with Crippen LogP contribution in [0.15, 0.2) is 35.5 Å². The van der Waals surface area contributed by atoms with E-state index < -0.39 is 0 Å². The van der Waals surface area contributed by atoms with E-state index in [-0.39, 0.29) is 5.96 Å². The van der Waals surface area contributed by atoms with Gasteiger partial charge < -0.3 is 14.7 Å². The summed E-state index contributed by atoms with van der Waals surface area (Å²) in [4.78, 5) is 13.7. The third-order valence-electron chi connectivity index (χ3n) is 7.41. The van der Waals surface area contributed by atoms with Crippen molar-refractivity contribution in [2.45, 2.75) is 54.0 Å². The highest BCUT2D eigenvalue weighted by Crippen LogP contribution is 2.27. The van der Waals surface area contributed by atoms with Gasteiger partial charge in [0, 0.05) is 75.9 Å². The van der Waals surface area contributed by atoms with Crippen LogP contribution in [0, 0.1) is 31.6 Å². The summed E-state index contributed by atoms with van der Waals surface area (Å²) in [6, 6.07) is 4.68. The predicted octanol–water partition coefficient (Wildman–Crippen LogP) is 4.74. The number of hydrogen-bond donors (Lipinski definition) is 1. The molecule has 0 unspecified atom stereocenters. The third kappa shape index (κ3) is 6.79. The van der Waals surface area contributed by atoms with E-state index in [1.807, 2.05) is 4.90 Å². The molecule has 1 aromatic rings. The first-order valence-corrected chi connectivity index (χ1v) is 13.3. The maximum absolute atomic E-state index is 8.22. The molecule has 0 aromatic heterocycles. The van der Waals surface area contributed by atoms with Gasteiger partial charge in [-0.2, -0.15) is 0 Å². The highest BCUT2D eigenvalue weighted by Gasteiger charge is 2.23. The average Bonchev–Trinajstić information content (AvgIpc) is 2.89. The molecule has 2 fully saturated rings. The summed E-state index contributed by atoms with van der Waals surface area (Å²) in [5.74, 6) is 2.74. The molecule has 36 heavy (non-hydrogen) atoms. The fraction of sp³-hybridized carbons (Fsp3) is 0.533. The van der Waals surface area contributed by atoms with Crippen LogP contribution in [-0.2, 0) is 6.54 Å². The van der Waals surface area contributed by atoms with Crippen molar-refractivity contribution in [3.05, 3.63) is 52.7 Å². The summed E-state index contributed by atoms with van der Waals surface area (Å²) in [6.45, 7) is 23.7. The molecule has 1 N–H and O–H groups in total. The summed E-state index contributed by atoms with van der Waals surface area (Å²) in [7, 11) is 0. The van der Waals surface area contributed by atoms with E-state index in [0.717, 1.165) is 77.4 Å². The molecule has 0 atom stereocenters. The molecule has 6 nitrogen and oxygen atoms in total. The van der Waals surface area contributed by atoms with E-state index in [4.69, 9.17) is 11.8 Å². The fourth-order valence-corrected chi connectivity index (χ4v) is 5.17. The molecule has 2 saturated heterocycles. The summed E-state index contributed by atoms with van der Waals surface area (Å²) >= 11 is 0. The molecule has 6 heteroatoms. The number of nitrogens with one attached hydrogen (secondary N) is 1. The second-order valence-electron chi connectivity index (χ2n) is 9.90. The molecule has 0 amide bonds. The van der Waals surface area contributed by atoms with Crippen molar-refractivity contribution in [2.75, 3.05) is 52.4 Å². The van der Waals surface area contributed by atoms with E-state index in [1.165, 1.54) is 28.0 Å². The Kier molecular flexibility index (Phi) is 9.78. The highest BCUT2D eigenvalue weighted by molar-refractivity contribution is 6.04. The molecular formula is C30H44N6. The quantitative estimate of drug-likeness (QED) is 0.342. The van der Waals surface area contributed by atoms with Gasteiger partial charge in [-0.1, -0.05) is 38.5 Å². The maximum atomic E-state index is 8.22. The molecule has 1 aromatic carbocycles. The number of nitrogens with zero attached hydrogens (tertiary/aromatic N) is 5. The summed E-state index contributed by atoms with van der Waals surface area (Å²) in [6.07, 6.45) is 9.99. The zero-order chi connectivity index (χ0) is 26.2. The first-order valence-electron chi connectivity index (χ1n) is 13.3. The molecule has 2 heterocycles. The Morgan fingerprint density at radius 2 is 1.61 bits per heavy atom. The minimum Gasteiger partial charge on any atom is -0.373 e.